The predicted molar refractivity (Wildman–Crippen MR) is 66.7 cm³/mol. The van der Waals surface area contributed by atoms with Gasteiger partial charge < -0.3 is 17.7 Å². The lowest BCUT2D eigenvalue weighted by atomic mass is 10.2. The molecule has 5 nitrogen and oxygen atoms in total. The average molecular weight is 285 g/mol. The van der Waals surface area contributed by atoms with Crippen LogP contribution in [0.2, 0.25) is 0 Å². The van der Waals surface area contributed by atoms with Gasteiger partial charge in [0.1, 0.15) is 4.87 Å². The molecule has 0 aliphatic rings. The van der Waals surface area contributed by atoms with Crippen LogP contribution in [0.1, 0.15) is 34.6 Å². The molecule has 0 radical (unpaired) electrons. The van der Waals surface area contributed by atoms with Crippen molar-refractivity contribution in [2.24, 2.45) is 0 Å². The molecule has 102 valence electrons. The lowest BCUT2D eigenvalue weighted by Crippen LogP contribution is -2.53. The molecule has 0 aromatic heterocycles. The Morgan fingerprint density at radius 2 is 1.41 bits per heavy atom. The minimum Gasteiger partial charge on any atom is -0.451 e. The van der Waals surface area contributed by atoms with Gasteiger partial charge in [-0.2, -0.15) is 0 Å². The van der Waals surface area contributed by atoms with E-state index in [1.54, 1.807) is 34.6 Å². The van der Waals surface area contributed by atoms with Crippen LogP contribution < -0.4 is 0 Å². The number of alkyl halides is 1. The van der Waals surface area contributed by atoms with Crippen LogP contribution in [0.15, 0.2) is 0 Å². The highest BCUT2D eigenvalue weighted by Gasteiger charge is 2.51. The highest BCUT2D eigenvalue weighted by atomic mass is 35.5. The largest absolute Gasteiger partial charge is 0.751 e. The molecule has 0 amide bonds. The van der Waals surface area contributed by atoms with E-state index in [1.807, 2.05) is 0 Å². The van der Waals surface area contributed by atoms with Crippen LogP contribution >= 0.6 is 11.6 Å². The zero-order valence-corrected chi connectivity index (χ0v) is 12.8. The maximum atomic E-state index is 11.7. The highest BCUT2D eigenvalue weighted by molar-refractivity contribution is 6.56. The summed E-state index contributed by atoms with van der Waals surface area (Å²) < 4.78 is 21.3. The van der Waals surface area contributed by atoms with Crippen LogP contribution in [0, 0.1) is 0 Å². The van der Waals surface area contributed by atoms with Crippen molar-refractivity contribution < 1.29 is 22.5 Å². The van der Waals surface area contributed by atoms with Crippen molar-refractivity contribution in [1.82, 2.24) is 0 Å². The van der Waals surface area contributed by atoms with E-state index in [0.717, 1.165) is 0 Å². The van der Waals surface area contributed by atoms with Crippen LogP contribution in [-0.4, -0.2) is 39.7 Å². The van der Waals surface area contributed by atoms with Gasteiger partial charge in [-0.15, -0.1) is 11.6 Å². The fourth-order valence-corrected chi connectivity index (χ4v) is 3.05. The van der Waals surface area contributed by atoms with Crippen molar-refractivity contribution in [1.29, 1.82) is 0 Å². The van der Waals surface area contributed by atoms with E-state index >= 15 is 0 Å². The van der Waals surface area contributed by atoms with E-state index in [-0.39, 0.29) is 0 Å². The molecule has 0 aliphatic heterocycles. The second kappa shape index (κ2) is 7.33. The third-order valence-corrected chi connectivity index (χ3v) is 4.18. The van der Waals surface area contributed by atoms with Gasteiger partial charge in [-0.3, -0.25) is 4.79 Å². The van der Waals surface area contributed by atoms with Gasteiger partial charge in [0.25, 0.3) is 0 Å². The van der Waals surface area contributed by atoms with E-state index < -0.39 is 19.9 Å². The third kappa shape index (κ3) is 5.83. The maximum absolute atomic E-state index is 11.7. The quantitative estimate of drug-likeness (QED) is 0.505. The fraction of sp³-hybridized carbons (Fsp3) is 0.900. The first-order chi connectivity index (χ1) is 7.81. The van der Waals surface area contributed by atoms with E-state index in [2.05, 4.69) is 0 Å². The summed E-state index contributed by atoms with van der Waals surface area (Å²) >= 11 is 5.87. The van der Waals surface area contributed by atoms with Crippen LogP contribution in [0.5, 0.6) is 0 Å². The van der Waals surface area contributed by atoms with Gasteiger partial charge in [0.15, 0.2) is 0 Å². The number of hydrogen-bond donors (Lipinski definition) is 0. The molecule has 0 rings (SSSR count). The summed E-state index contributed by atoms with van der Waals surface area (Å²) in [6, 6.07) is 0. The van der Waals surface area contributed by atoms with Crippen molar-refractivity contribution in [2.45, 2.75) is 39.5 Å². The van der Waals surface area contributed by atoms with Crippen molar-refractivity contribution in [3.63, 3.8) is 0 Å². The minimum absolute atomic E-state index is 0.336. The normalized spacial score (nSPS) is 12.6. The monoisotopic (exact) mass is 284 g/mol. The molecule has 0 bridgehead atoms. The Hall–Kier alpha value is -0.143. The molecule has 7 heteroatoms. The number of hydrogen-bond acceptors (Lipinski definition) is 5. The molecule has 0 spiro atoms. The molecule has 0 unspecified atom stereocenters. The van der Waals surface area contributed by atoms with Crippen molar-refractivity contribution >= 4 is 26.6 Å². The zero-order valence-electron chi connectivity index (χ0n) is 11.0. The summed E-state index contributed by atoms with van der Waals surface area (Å²) in [6.07, 6.45) is 0. The average Bonchev–Trinajstić information content (AvgIpc) is 2.17. The summed E-state index contributed by atoms with van der Waals surface area (Å²) in [6.45, 7) is 9.42. The summed E-state index contributed by atoms with van der Waals surface area (Å²) in [5, 5.41) is 0. The second-order valence-electron chi connectivity index (χ2n) is 3.66. The number of rotatable bonds is 8. The first-order valence-corrected chi connectivity index (χ1v) is 7.66. The Labute approximate surface area is 109 Å². The molecular weight excluding hydrogens is 264 g/mol. The molecule has 0 saturated heterocycles. The number of halogens is 1. The minimum atomic E-state index is -3.40. The Bertz CT molecular complexity index is 224. The fourth-order valence-electron chi connectivity index (χ4n) is 0.979. The smallest absolute Gasteiger partial charge is 0.451 e. The topological polar surface area (TPSA) is 54.0 Å². The SMILES string of the molecule is CCO[Si](OCC)(OCC)OC(=O)C(C)(C)Cl. The summed E-state index contributed by atoms with van der Waals surface area (Å²) in [5.41, 5.74) is 0. The van der Waals surface area contributed by atoms with Crippen LogP contribution in [0.25, 0.3) is 0 Å². The van der Waals surface area contributed by atoms with Crippen molar-refractivity contribution in [3.8, 4) is 0 Å². The Balaban J connectivity index is 4.82. The summed E-state index contributed by atoms with van der Waals surface area (Å²) in [7, 11) is -3.40. The Kier molecular flexibility index (Phi) is 7.26. The van der Waals surface area contributed by atoms with E-state index in [0.29, 0.717) is 19.8 Å². The van der Waals surface area contributed by atoms with Crippen LogP contribution in [0.4, 0.5) is 0 Å². The van der Waals surface area contributed by atoms with E-state index in [1.165, 1.54) is 0 Å². The molecule has 0 heterocycles. The molecule has 0 N–H and O–H groups in total. The summed E-state index contributed by atoms with van der Waals surface area (Å²) in [5.74, 6) is -0.610. The van der Waals surface area contributed by atoms with Gasteiger partial charge in [0.2, 0.25) is 0 Å². The first-order valence-electron chi connectivity index (χ1n) is 5.65. The molecule has 0 aliphatic carbocycles. The van der Waals surface area contributed by atoms with Gasteiger partial charge >= 0.3 is 15.0 Å². The molecule has 0 aromatic carbocycles. The molecule has 0 fully saturated rings. The number of carbonyl (C=O) groups excluding carboxylic acids is 1. The third-order valence-electron chi connectivity index (χ3n) is 1.67. The van der Waals surface area contributed by atoms with Crippen molar-refractivity contribution in [3.05, 3.63) is 0 Å². The molecule has 0 atom stereocenters. The predicted octanol–water partition coefficient (Wildman–Crippen LogP) is 2.09. The molecule has 0 saturated carbocycles. The number of carbonyl (C=O) groups is 1. The van der Waals surface area contributed by atoms with E-state index in [9.17, 15) is 4.79 Å². The molecule has 0 aromatic rings. The van der Waals surface area contributed by atoms with Crippen LogP contribution in [0.3, 0.4) is 0 Å². The Morgan fingerprint density at radius 3 is 1.65 bits per heavy atom. The van der Waals surface area contributed by atoms with Crippen LogP contribution in [-0.2, 0) is 22.5 Å². The lowest BCUT2D eigenvalue weighted by Gasteiger charge is -2.28. The van der Waals surface area contributed by atoms with Gasteiger partial charge in [-0.1, -0.05) is 0 Å². The zero-order chi connectivity index (χ0) is 13.5. The van der Waals surface area contributed by atoms with Gasteiger partial charge in [-0.05, 0) is 34.6 Å². The van der Waals surface area contributed by atoms with Gasteiger partial charge in [0.05, 0.1) is 0 Å². The lowest BCUT2D eigenvalue weighted by molar-refractivity contribution is -0.146. The first kappa shape index (κ1) is 16.9. The summed E-state index contributed by atoms with van der Waals surface area (Å²) in [4.78, 5) is 10.6. The van der Waals surface area contributed by atoms with Crippen molar-refractivity contribution in [2.75, 3.05) is 19.8 Å². The maximum Gasteiger partial charge on any atom is 0.751 e. The highest BCUT2D eigenvalue weighted by Crippen LogP contribution is 2.20. The molecule has 17 heavy (non-hydrogen) atoms. The second-order valence-corrected chi connectivity index (χ2v) is 6.68. The van der Waals surface area contributed by atoms with Gasteiger partial charge in [0, 0.05) is 19.8 Å². The Morgan fingerprint density at radius 1 is 1.06 bits per heavy atom. The van der Waals surface area contributed by atoms with E-state index in [4.69, 9.17) is 29.3 Å². The van der Waals surface area contributed by atoms with Gasteiger partial charge in [-0.25, -0.2) is 0 Å². The molecular formula is C10H21ClO5Si. The standard InChI is InChI=1S/C10H21ClO5Si/c1-6-13-17(14-7-2,15-8-3)16-9(12)10(4,5)11/h6-8H2,1-5H3.